The number of hydrogen-bond acceptors (Lipinski definition) is 3. The van der Waals surface area contributed by atoms with Gasteiger partial charge in [-0.15, -0.1) is 0 Å². The lowest BCUT2D eigenvalue weighted by Gasteiger charge is -2.30. The highest BCUT2D eigenvalue weighted by Gasteiger charge is 2.34. The van der Waals surface area contributed by atoms with E-state index in [1.807, 2.05) is 24.3 Å². The average molecular weight is 468 g/mol. The fraction of sp³-hybridized carbons (Fsp3) is 0.320. The van der Waals surface area contributed by atoms with Gasteiger partial charge in [-0.1, -0.05) is 48.0 Å². The van der Waals surface area contributed by atoms with Gasteiger partial charge in [0.15, 0.2) is 17.3 Å². The van der Waals surface area contributed by atoms with E-state index in [0.717, 1.165) is 39.0 Å². The number of fused-ring (bicyclic) bond motifs is 1. The van der Waals surface area contributed by atoms with Crippen molar-refractivity contribution in [2.24, 2.45) is 5.41 Å². The van der Waals surface area contributed by atoms with Crippen molar-refractivity contribution >= 4 is 21.7 Å². The topological polar surface area (TPSA) is 40.5 Å². The third kappa shape index (κ3) is 3.91. The van der Waals surface area contributed by atoms with Crippen LogP contribution in [0.3, 0.4) is 0 Å². The Hall–Kier alpha value is -2.53. The summed E-state index contributed by atoms with van der Waals surface area (Å²) in [5, 5.41) is 0. The molecule has 1 heterocycles. The minimum atomic E-state index is -0.0469. The maximum atomic E-state index is 12.9. The van der Waals surface area contributed by atoms with Gasteiger partial charge in [0.2, 0.25) is 0 Å². The van der Waals surface area contributed by atoms with E-state index >= 15 is 0 Å². The normalized spacial score (nSPS) is 15.0. The zero-order chi connectivity index (χ0) is 21.5. The fourth-order valence-corrected chi connectivity index (χ4v) is 4.53. The molecule has 1 aliphatic rings. The molecule has 0 fully saturated rings. The van der Waals surface area contributed by atoms with Gasteiger partial charge in [0.1, 0.15) is 0 Å². The van der Waals surface area contributed by atoms with Gasteiger partial charge >= 0.3 is 0 Å². The summed E-state index contributed by atoms with van der Waals surface area (Å²) >= 11 is 3.51. The van der Waals surface area contributed by atoms with Crippen LogP contribution in [0.15, 0.2) is 53.0 Å². The summed E-state index contributed by atoms with van der Waals surface area (Å²) in [6.45, 7) is 4.99. The number of hydrogen-bond donors (Lipinski definition) is 0. The van der Waals surface area contributed by atoms with Gasteiger partial charge in [0.05, 0.1) is 14.2 Å². The van der Waals surface area contributed by atoms with Crippen LogP contribution >= 0.6 is 15.9 Å². The lowest BCUT2D eigenvalue weighted by molar-refractivity contribution is 0.0910. The second kappa shape index (κ2) is 7.95. The van der Waals surface area contributed by atoms with Gasteiger partial charge in [-0.2, -0.15) is 0 Å². The molecule has 30 heavy (non-hydrogen) atoms. The lowest BCUT2D eigenvalue weighted by Crippen LogP contribution is -2.28. The van der Waals surface area contributed by atoms with Crippen LogP contribution in [0.2, 0.25) is 0 Å². The third-order valence-corrected chi connectivity index (χ3v) is 6.25. The van der Waals surface area contributed by atoms with Gasteiger partial charge in [0, 0.05) is 34.4 Å². The number of carbonyl (C=O) groups is 1. The second-order valence-electron chi connectivity index (χ2n) is 8.61. The lowest BCUT2D eigenvalue weighted by atomic mass is 9.76. The summed E-state index contributed by atoms with van der Waals surface area (Å²) < 4.78 is 14.2. The fourth-order valence-electron chi connectivity index (χ4n) is 4.27. The van der Waals surface area contributed by atoms with E-state index in [2.05, 4.69) is 58.6 Å². The summed E-state index contributed by atoms with van der Waals surface area (Å²) in [5.74, 6) is 1.64. The first-order chi connectivity index (χ1) is 14.3. The summed E-state index contributed by atoms with van der Waals surface area (Å²) in [6.07, 6.45) is 1.46. The first kappa shape index (κ1) is 20.7. The van der Waals surface area contributed by atoms with E-state index in [4.69, 9.17) is 9.47 Å². The molecular weight excluding hydrogens is 442 g/mol. The van der Waals surface area contributed by atoms with Crippen LogP contribution in [-0.2, 0) is 13.0 Å². The first-order valence-electron chi connectivity index (χ1n) is 10.0. The summed E-state index contributed by atoms with van der Waals surface area (Å²) in [4.78, 5) is 12.9. The van der Waals surface area contributed by atoms with E-state index in [1.54, 1.807) is 14.2 Å². The SMILES string of the molecule is COc1ccc(Cn2c(-c3ccc(Br)cc3)cc3c2CC(C)(C)CC3=O)cc1OC. The molecule has 0 atom stereocenters. The van der Waals surface area contributed by atoms with Crippen molar-refractivity contribution in [2.75, 3.05) is 14.2 Å². The molecule has 156 valence electrons. The number of ketones is 1. The molecule has 0 saturated heterocycles. The Morgan fingerprint density at radius 2 is 1.67 bits per heavy atom. The Bertz CT molecular complexity index is 1100. The highest BCUT2D eigenvalue weighted by atomic mass is 79.9. The molecule has 4 nitrogen and oxygen atoms in total. The molecule has 1 aliphatic carbocycles. The Kier molecular flexibility index (Phi) is 5.49. The minimum Gasteiger partial charge on any atom is -0.493 e. The molecule has 0 N–H and O–H groups in total. The summed E-state index contributed by atoms with van der Waals surface area (Å²) in [6, 6.07) is 16.3. The van der Waals surface area contributed by atoms with E-state index in [1.165, 1.54) is 0 Å². The molecule has 0 radical (unpaired) electrons. The molecule has 4 rings (SSSR count). The van der Waals surface area contributed by atoms with Crippen LogP contribution in [0.1, 0.15) is 41.9 Å². The Labute approximate surface area is 185 Å². The molecule has 3 aromatic rings. The standard InChI is InChI=1S/C25H26BrNO3/c1-25(2)13-21-19(22(28)14-25)12-20(17-6-8-18(26)9-7-17)27(21)15-16-5-10-23(29-3)24(11-16)30-4/h5-12H,13-15H2,1-4H3. The van der Waals surface area contributed by atoms with Gasteiger partial charge in [-0.25, -0.2) is 0 Å². The molecule has 5 heteroatoms. The number of Topliss-reactive ketones (excluding diaryl/α,β-unsaturated/α-hetero) is 1. The maximum Gasteiger partial charge on any atom is 0.165 e. The number of benzene rings is 2. The zero-order valence-electron chi connectivity index (χ0n) is 17.8. The second-order valence-corrected chi connectivity index (χ2v) is 9.53. The van der Waals surface area contributed by atoms with E-state index in [0.29, 0.717) is 24.5 Å². The number of methoxy groups -OCH3 is 2. The molecular formula is C25H26BrNO3. The van der Waals surface area contributed by atoms with Crippen LogP contribution in [-0.4, -0.2) is 24.6 Å². The Morgan fingerprint density at radius 1 is 0.967 bits per heavy atom. The molecule has 0 spiro atoms. The quantitative estimate of drug-likeness (QED) is 0.452. The van der Waals surface area contributed by atoms with Crippen LogP contribution in [0.25, 0.3) is 11.3 Å². The van der Waals surface area contributed by atoms with Crippen molar-refractivity contribution in [3.05, 3.63) is 69.8 Å². The molecule has 2 aromatic carbocycles. The van der Waals surface area contributed by atoms with Crippen molar-refractivity contribution < 1.29 is 14.3 Å². The number of aromatic nitrogens is 1. The van der Waals surface area contributed by atoms with Crippen molar-refractivity contribution in [2.45, 2.75) is 33.2 Å². The van der Waals surface area contributed by atoms with Crippen LogP contribution in [0, 0.1) is 5.41 Å². The van der Waals surface area contributed by atoms with Crippen LogP contribution in [0.5, 0.6) is 11.5 Å². The van der Waals surface area contributed by atoms with Crippen molar-refractivity contribution in [1.82, 2.24) is 4.57 Å². The molecule has 0 bridgehead atoms. The van der Waals surface area contributed by atoms with E-state index in [9.17, 15) is 4.79 Å². The largest absolute Gasteiger partial charge is 0.493 e. The molecule has 0 aliphatic heterocycles. The monoisotopic (exact) mass is 467 g/mol. The third-order valence-electron chi connectivity index (χ3n) is 5.72. The van der Waals surface area contributed by atoms with Crippen LogP contribution in [0.4, 0.5) is 0 Å². The molecule has 1 aromatic heterocycles. The number of rotatable bonds is 5. The smallest absolute Gasteiger partial charge is 0.165 e. The molecule has 0 saturated carbocycles. The molecule has 0 amide bonds. The summed E-state index contributed by atoms with van der Waals surface area (Å²) in [7, 11) is 3.28. The maximum absolute atomic E-state index is 12.9. The number of halogens is 1. The highest BCUT2D eigenvalue weighted by molar-refractivity contribution is 9.10. The number of ether oxygens (including phenoxy) is 2. The van der Waals surface area contributed by atoms with Gasteiger partial charge in [-0.3, -0.25) is 4.79 Å². The van der Waals surface area contributed by atoms with E-state index in [-0.39, 0.29) is 11.2 Å². The van der Waals surface area contributed by atoms with Crippen molar-refractivity contribution in [3.8, 4) is 22.8 Å². The zero-order valence-corrected chi connectivity index (χ0v) is 19.4. The predicted molar refractivity (Wildman–Crippen MR) is 123 cm³/mol. The van der Waals surface area contributed by atoms with Gasteiger partial charge in [-0.05, 0) is 53.3 Å². The first-order valence-corrected chi connectivity index (χ1v) is 10.8. The predicted octanol–water partition coefficient (Wildman–Crippen LogP) is 6.14. The minimum absolute atomic E-state index is 0.0469. The van der Waals surface area contributed by atoms with Gasteiger partial charge in [0.25, 0.3) is 0 Å². The highest BCUT2D eigenvalue weighted by Crippen LogP contribution is 2.39. The Balaban J connectivity index is 1.85. The van der Waals surface area contributed by atoms with Crippen molar-refractivity contribution in [3.63, 3.8) is 0 Å². The summed E-state index contributed by atoms with van der Waals surface area (Å²) in [5.41, 5.74) is 5.18. The Morgan fingerprint density at radius 3 is 2.33 bits per heavy atom. The van der Waals surface area contributed by atoms with E-state index < -0.39 is 0 Å². The number of nitrogens with zero attached hydrogens (tertiary/aromatic N) is 1. The van der Waals surface area contributed by atoms with Crippen LogP contribution < -0.4 is 9.47 Å². The average Bonchev–Trinajstić information content (AvgIpc) is 3.06. The van der Waals surface area contributed by atoms with Gasteiger partial charge < -0.3 is 14.0 Å². The molecule has 0 unspecified atom stereocenters. The number of carbonyl (C=O) groups excluding carboxylic acids is 1. The van der Waals surface area contributed by atoms with Crippen molar-refractivity contribution in [1.29, 1.82) is 0 Å².